The summed E-state index contributed by atoms with van der Waals surface area (Å²) < 4.78 is 7.82. The van der Waals surface area contributed by atoms with Gasteiger partial charge in [-0.1, -0.05) is 48.2 Å². The summed E-state index contributed by atoms with van der Waals surface area (Å²) in [5.41, 5.74) is 2.05. The molecule has 1 aromatic carbocycles. The van der Waals surface area contributed by atoms with E-state index in [1.807, 2.05) is 55.5 Å². The van der Waals surface area contributed by atoms with Gasteiger partial charge in [0.1, 0.15) is 17.2 Å². The maximum absolute atomic E-state index is 5.76. The van der Waals surface area contributed by atoms with Crippen LogP contribution in [0.4, 0.5) is 0 Å². The molecule has 0 unspecified atom stereocenters. The largest absolute Gasteiger partial charge is 0.464 e. The minimum absolute atomic E-state index is 0.573. The SMILES string of the molecule is Cc1ccc(Cn2c(SCc3ccccc3)nnc2-c2ccccn2)o1. The van der Waals surface area contributed by atoms with Crippen molar-refractivity contribution in [2.45, 2.75) is 24.4 Å². The highest BCUT2D eigenvalue weighted by atomic mass is 32.2. The van der Waals surface area contributed by atoms with Crippen LogP contribution in [-0.2, 0) is 12.3 Å². The number of aromatic nitrogens is 4. The van der Waals surface area contributed by atoms with Crippen LogP contribution in [0.3, 0.4) is 0 Å². The van der Waals surface area contributed by atoms with Crippen molar-refractivity contribution in [3.8, 4) is 11.5 Å². The minimum atomic E-state index is 0.573. The van der Waals surface area contributed by atoms with E-state index in [0.29, 0.717) is 6.54 Å². The molecule has 6 heteroatoms. The Balaban J connectivity index is 1.65. The maximum Gasteiger partial charge on any atom is 0.192 e. The average molecular weight is 362 g/mol. The molecule has 0 saturated heterocycles. The van der Waals surface area contributed by atoms with Gasteiger partial charge in [-0.2, -0.15) is 0 Å². The molecule has 4 aromatic rings. The summed E-state index contributed by atoms with van der Waals surface area (Å²) in [7, 11) is 0. The van der Waals surface area contributed by atoms with Gasteiger partial charge in [0.15, 0.2) is 11.0 Å². The lowest BCUT2D eigenvalue weighted by atomic mass is 10.2. The fourth-order valence-electron chi connectivity index (χ4n) is 2.67. The number of benzene rings is 1. The van der Waals surface area contributed by atoms with Crippen molar-refractivity contribution in [1.29, 1.82) is 0 Å². The van der Waals surface area contributed by atoms with Gasteiger partial charge in [-0.05, 0) is 36.8 Å². The number of furan rings is 1. The molecule has 26 heavy (non-hydrogen) atoms. The van der Waals surface area contributed by atoms with Crippen molar-refractivity contribution in [3.05, 3.63) is 83.9 Å². The predicted octanol–water partition coefficient (Wildman–Crippen LogP) is 4.58. The molecule has 0 fully saturated rings. The standard InChI is InChI=1S/C20H18N4OS/c1-15-10-11-17(25-15)13-24-19(18-9-5-6-12-21-18)22-23-20(24)26-14-16-7-3-2-4-8-16/h2-12H,13-14H2,1H3. The van der Waals surface area contributed by atoms with E-state index in [-0.39, 0.29) is 0 Å². The van der Waals surface area contributed by atoms with Crippen molar-refractivity contribution in [3.63, 3.8) is 0 Å². The Labute approximate surface area is 156 Å². The molecular formula is C20H18N4OS. The van der Waals surface area contributed by atoms with Gasteiger partial charge in [-0.15, -0.1) is 10.2 Å². The van der Waals surface area contributed by atoms with Crippen molar-refractivity contribution in [2.75, 3.05) is 0 Å². The first-order chi connectivity index (χ1) is 12.8. The van der Waals surface area contributed by atoms with Crippen LogP contribution in [0.2, 0.25) is 0 Å². The number of aryl methyl sites for hydroxylation is 1. The van der Waals surface area contributed by atoms with Crippen LogP contribution in [0.25, 0.3) is 11.5 Å². The molecule has 4 rings (SSSR count). The monoisotopic (exact) mass is 362 g/mol. The van der Waals surface area contributed by atoms with Gasteiger partial charge < -0.3 is 4.42 Å². The first-order valence-corrected chi connectivity index (χ1v) is 9.35. The Morgan fingerprint density at radius 3 is 2.54 bits per heavy atom. The molecule has 0 saturated carbocycles. The normalized spacial score (nSPS) is 11.0. The third-order valence-electron chi connectivity index (χ3n) is 3.93. The van der Waals surface area contributed by atoms with Crippen LogP contribution in [0.15, 0.2) is 76.4 Å². The van der Waals surface area contributed by atoms with Crippen LogP contribution in [0.1, 0.15) is 17.1 Å². The summed E-state index contributed by atoms with van der Waals surface area (Å²) in [6.45, 7) is 2.52. The molecule has 0 aliphatic carbocycles. The minimum Gasteiger partial charge on any atom is -0.464 e. The molecule has 0 amide bonds. The molecule has 0 aliphatic rings. The predicted molar refractivity (Wildman–Crippen MR) is 102 cm³/mol. The van der Waals surface area contributed by atoms with Gasteiger partial charge in [0.05, 0.1) is 6.54 Å². The van der Waals surface area contributed by atoms with E-state index < -0.39 is 0 Å². The first-order valence-electron chi connectivity index (χ1n) is 8.36. The molecule has 130 valence electrons. The van der Waals surface area contributed by atoms with E-state index in [2.05, 4.69) is 31.9 Å². The number of nitrogens with zero attached hydrogens (tertiary/aromatic N) is 4. The smallest absolute Gasteiger partial charge is 0.192 e. The van der Waals surface area contributed by atoms with Crippen molar-refractivity contribution in [1.82, 2.24) is 19.7 Å². The van der Waals surface area contributed by atoms with Crippen molar-refractivity contribution in [2.24, 2.45) is 0 Å². The summed E-state index contributed by atoms with van der Waals surface area (Å²) in [6, 6.07) is 20.1. The van der Waals surface area contributed by atoms with Gasteiger partial charge >= 0.3 is 0 Å². The molecule has 5 nitrogen and oxygen atoms in total. The number of thioether (sulfide) groups is 1. The molecule has 0 aliphatic heterocycles. The van der Waals surface area contributed by atoms with Gasteiger partial charge in [-0.3, -0.25) is 9.55 Å². The van der Waals surface area contributed by atoms with E-state index in [1.54, 1.807) is 18.0 Å². The summed E-state index contributed by atoms with van der Waals surface area (Å²) in [5.74, 6) is 3.35. The molecule has 0 bridgehead atoms. The lowest BCUT2D eigenvalue weighted by Gasteiger charge is -2.08. The summed E-state index contributed by atoms with van der Waals surface area (Å²) in [4.78, 5) is 4.42. The highest BCUT2D eigenvalue weighted by Gasteiger charge is 2.17. The lowest BCUT2D eigenvalue weighted by Crippen LogP contribution is -2.04. The van der Waals surface area contributed by atoms with Crippen LogP contribution in [-0.4, -0.2) is 19.7 Å². The summed E-state index contributed by atoms with van der Waals surface area (Å²) in [6.07, 6.45) is 1.77. The quantitative estimate of drug-likeness (QED) is 0.470. The second-order valence-electron chi connectivity index (χ2n) is 5.89. The van der Waals surface area contributed by atoms with Gasteiger partial charge in [0.2, 0.25) is 0 Å². The number of hydrogen-bond acceptors (Lipinski definition) is 5. The second kappa shape index (κ2) is 7.58. The average Bonchev–Trinajstić information content (AvgIpc) is 3.28. The van der Waals surface area contributed by atoms with Crippen LogP contribution >= 0.6 is 11.8 Å². The Kier molecular flexibility index (Phi) is 4.84. The zero-order valence-electron chi connectivity index (χ0n) is 14.4. The highest BCUT2D eigenvalue weighted by Crippen LogP contribution is 2.26. The number of pyridine rings is 1. The van der Waals surface area contributed by atoms with Crippen LogP contribution in [0.5, 0.6) is 0 Å². The summed E-state index contributed by atoms with van der Waals surface area (Å²) >= 11 is 1.66. The first kappa shape index (κ1) is 16.6. The Morgan fingerprint density at radius 1 is 0.962 bits per heavy atom. The van der Waals surface area contributed by atoms with Crippen molar-refractivity contribution >= 4 is 11.8 Å². The maximum atomic E-state index is 5.76. The third kappa shape index (κ3) is 3.70. The fraction of sp³-hybridized carbons (Fsp3) is 0.150. The van der Waals surface area contributed by atoms with Gasteiger partial charge in [-0.25, -0.2) is 0 Å². The zero-order valence-corrected chi connectivity index (χ0v) is 15.2. The van der Waals surface area contributed by atoms with Gasteiger partial charge in [0.25, 0.3) is 0 Å². The molecule has 0 radical (unpaired) electrons. The fourth-order valence-corrected chi connectivity index (χ4v) is 3.56. The molecule has 3 heterocycles. The Morgan fingerprint density at radius 2 is 1.81 bits per heavy atom. The Bertz CT molecular complexity index is 979. The van der Waals surface area contributed by atoms with Crippen LogP contribution in [0, 0.1) is 6.92 Å². The summed E-state index contributed by atoms with van der Waals surface area (Å²) in [5, 5.41) is 9.64. The van der Waals surface area contributed by atoms with Crippen molar-refractivity contribution < 1.29 is 4.42 Å². The Hall–Kier alpha value is -2.86. The third-order valence-corrected chi connectivity index (χ3v) is 4.97. The van der Waals surface area contributed by atoms with E-state index in [1.165, 1.54) is 5.56 Å². The van der Waals surface area contributed by atoms with Gasteiger partial charge in [0, 0.05) is 11.9 Å². The zero-order chi connectivity index (χ0) is 17.8. The number of rotatable bonds is 6. The highest BCUT2D eigenvalue weighted by molar-refractivity contribution is 7.98. The molecule has 0 spiro atoms. The lowest BCUT2D eigenvalue weighted by molar-refractivity contribution is 0.463. The second-order valence-corrected chi connectivity index (χ2v) is 6.84. The van der Waals surface area contributed by atoms with E-state index in [4.69, 9.17) is 4.42 Å². The number of hydrogen-bond donors (Lipinski definition) is 0. The van der Waals surface area contributed by atoms with E-state index >= 15 is 0 Å². The van der Waals surface area contributed by atoms with E-state index in [0.717, 1.165) is 33.9 Å². The molecular weight excluding hydrogens is 344 g/mol. The molecule has 0 atom stereocenters. The molecule has 3 aromatic heterocycles. The molecule has 0 N–H and O–H groups in total. The van der Waals surface area contributed by atoms with Crippen LogP contribution < -0.4 is 0 Å². The van der Waals surface area contributed by atoms with E-state index in [9.17, 15) is 0 Å². The topological polar surface area (TPSA) is 56.7 Å².